The summed E-state index contributed by atoms with van der Waals surface area (Å²) in [6, 6.07) is 3.77. The van der Waals surface area contributed by atoms with Gasteiger partial charge in [-0.25, -0.2) is 8.78 Å². The Morgan fingerprint density at radius 2 is 1.91 bits per heavy atom. The highest BCUT2D eigenvalue weighted by Gasteiger charge is 2.21. The zero-order chi connectivity index (χ0) is 16.3. The summed E-state index contributed by atoms with van der Waals surface area (Å²) in [6.45, 7) is 7.02. The minimum Gasteiger partial charge on any atom is -0.389 e. The fourth-order valence-electron chi connectivity index (χ4n) is 2.45. The van der Waals surface area contributed by atoms with Gasteiger partial charge in [0.25, 0.3) is 0 Å². The van der Waals surface area contributed by atoms with E-state index in [2.05, 4.69) is 10.2 Å². The molecule has 2 aromatic rings. The Morgan fingerprint density at radius 3 is 2.45 bits per heavy atom. The molecular formula is C16H21F2N3O. The monoisotopic (exact) mass is 309 g/mol. The van der Waals surface area contributed by atoms with Crippen molar-refractivity contribution < 1.29 is 13.9 Å². The minimum absolute atomic E-state index is 0.102. The van der Waals surface area contributed by atoms with E-state index in [1.807, 2.05) is 11.8 Å². The third-order valence-corrected chi connectivity index (χ3v) is 3.38. The Morgan fingerprint density at radius 1 is 1.27 bits per heavy atom. The highest BCUT2D eigenvalue weighted by molar-refractivity contribution is 5.64. The molecule has 0 saturated carbocycles. The number of hydrogen-bond donors (Lipinski definition) is 2. The molecule has 4 nitrogen and oxygen atoms in total. The fourth-order valence-corrected chi connectivity index (χ4v) is 2.45. The van der Waals surface area contributed by atoms with Crippen molar-refractivity contribution in [3.8, 4) is 11.3 Å². The molecule has 1 aromatic heterocycles. The lowest BCUT2D eigenvalue weighted by atomic mass is 10.1. The van der Waals surface area contributed by atoms with Gasteiger partial charge in [0.05, 0.1) is 23.1 Å². The number of aliphatic hydroxyl groups is 1. The standard InChI is InChI=1S/C16H21F2N3O/c1-4-21(10-16(2,3)22)9-11-8-19-20-15(11)14-12(17)6-5-7-13(14)18/h5-8,22H,4,9-10H2,1-3H3,(H,19,20). The molecule has 1 aromatic carbocycles. The Kier molecular flexibility index (Phi) is 4.93. The number of H-pyrrole nitrogens is 1. The van der Waals surface area contributed by atoms with E-state index < -0.39 is 17.2 Å². The Balaban J connectivity index is 2.30. The average Bonchev–Trinajstić information content (AvgIpc) is 2.84. The molecule has 0 radical (unpaired) electrons. The van der Waals surface area contributed by atoms with Gasteiger partial charge in [-0.2, -0.15) is 5.10 Å². The van der Waals surface area contributed by atoms with E-state index in [-0.39, 0.29) is 5.56 Å². The number of nitrogens with one attached hydrogen (secondary N) is 1. The molecule has 0 atom stereocenters. The highest BCUT2D eigenvalue weighted by atomic mass is 19.1. The van der Waals surface area contributed by atoms with Crippen molar-refractivity contribution in [2.45, 2.75) is 32.9 Å². The quantitative estimate of drug-likeness (QED) is 0.862. The SMILES string of the molecule is CCN(Cc1cn[nH]c1-c1c(F)cccc1F)CC(C)(C)O. The summed E-state index contributed by atoms with van der Waals surface area (Å²) in [5.41, 5.74) is 0.0811. The Bertz CT molecular complexity index is 614. The smallest absolute Gasteiger partial charge is 0.135 e. The number of benzene rings is 1. The topological polar surface area (TPSA) is 52.2 Å². The van der Waals surface area contributed by atoms with Crippen molar-refractivity contribution in [2.75, 3.05) is 13.1 Å². The molecule has 2 rings (SSSR count). The van der Waals surface area contributed by atoms with Crippen LogP contribution in [0.2, 0.25) is 0 Å². The number of halogens is 2. The molecule has 0 saturated heterocycles. The summed E-state index contributed by atoms with van der Waals surface area (Å²) in [7, 11) is 0. The van der Waals surface area contributed by atoms with E-state index in [1.54, 1.807) is 20.0 Å². The maximum Gasteiger partial charge on any atom is 0.135 e. The number of hydrogen-bond acceptors (Lipinski definition) is 3. The van der Waals surface area contributed by atoms with Crippen molar-refractivity contribution in [2.24, 2.45) is 0 Å². The van der Waals surface area contributed by atoms with E-state index >= 15 is 0 Å². The van der Waals surface area contributed by atoms with Crippen LogP contribution in [0.5, 0.6) is 0 Å². The van der Waals surface area contributed by atoms with Gasteiger partial charge in [0.15, 0.2) is 0 Å². The lowest BCUT2D eigenvalue weighted by molar-refractivity contribution is 0.0354. The molecule has 120 valence electrons. The highest BCUT2D eigenvalue weighted by Crippen LogP contribution is 2.28. The van der Waals surface area contributed by atoms with E-state index in [9.17, 15) is 13.9 Å². The van der Waals surface area contributed by atoms with Crippen LogP contribution in [0.3, 0.4) is 0 Å². The average molecular weight is 309 g/mol. The molecule has 2 N–H and O–H groups in total. The number of likely N-dealkylation sites (N-methyl/N-ethyl adjacent to an activating group) is 1. The van der Waals surface area contributed by atoms with Crippen molar-refractivity contribution >= 4 is 0 Å². The predicted molar refractivity (Wildman–Crippen MR) is 81.2 cm³/mol. The number of nitrogens with zero attached hydrogens (tertiary/aromatic N) is 2. The van der Waals surface area contributed by atoms with Gasteiger partial charge < -0.3 is 5.11 Å². The van der Waals surface area contributed by atoms with E-state index in [4.69, 9.17) is 0 Å². The second-order valence-corrected chi connectivity index (χ2v) is 5.98. The van der Waals surface area contributed by atoms with Crippen LogP contribution in [0, 0.1) is 11.6 Å². The van der Waals surface area contributed by atoms with Crippen LogP contribution in [0.15, 0.2) is 24.4 Å². The molecule has 0 amide bonds. The zero-order valence-corrected chi connectivity index (χ0v) is 13.0. The zero-order valence-electron chi connectivity index (χ0n) is 13.0. The van der Waals surface area contributed by atoms with Gasteiger partial charge in [0, 0.05) is 18.7 Å². The van der Waals surface area contributed by atoms with Crippen LogP contribution < -0.4 is 0 Å². The summed E-state index contributed by atoms with van der Waals surface area (Å²) >= 11 is 0. The van der Waals surface area contributed by atoms with E-state index in [0.29, 0.717) is 30.9 Å². The molecular weight excluding hydrogens is 288 g/mol. The lowest BCUT2D eigenvalue weighted by Gasteiger charge is -2.27. The normalized spacial score (nSPS) is 12.1. The fraction of sp³-hybridized carbons (Fsp3) is 0.438. The number of aromatic nitrogens is 2. The van der Waals surface area contributed by atoms with Crippen molar-refractivity contribution in [1.29, 1.82) is 0 Å². The Labute approximate surface area is 128 Å². The minimum atomic E-state index is -0.844. The van der Waals surface area contributed by atoms with Crippen molar-refractivity contribution in [1.82, 2.24) is 15.1 Å². The van der Waals surface area contributed by atoms with Gasteiger partial charge >= 0.3 is 0 Å². The maximum atomic E-state index is 13.9. The van der Waals surface area contributed by atoms with E-state index in [1.165, 1.54) is 18.2 Å². The van der Waals surface area contributed by atoms with Crippen LogP contribution in [-0.4, -0.2) is 38.9 Å². The van der Waals surface area contributed by atoms with Crippen LogP contribution >= 0.6 is 0 Å². The summed E-state index contributed by atoms with van der Waals surface area (Å²) in [5, 5.41) is 16.5. The lowest BCUT2D eigenvalue weighted by Crippen LogP contribution is -2.38. The van der Waals surface area contributed by atoms with Gasteiger partial charge in [-0.15, -0.1) is 0 Å². The van der Waals surface area contributed by atoms with Gasteiger partial charge in [-0.1, -0.05) is 13.0 Å². The summed E-state index contributed by atoms with van der Waals surface area (Å²) in [6.07, 6.45) is 1.56. The second kappa shape index (κ2) is 6.54. The van der Waals surface area contributed by atoms with Gasteiger partial charge in [0.2, 0.25) is 0 Å². The molecule has 0 bridgehead atoms. The van der Waals surface area contributed by atoms with Crippen molar-refractivity contribution in [3.05, 3.63) is 41.6 Å². The molecule has 0 aliphatic carbocycles. The summed E-state index contributed by atoms with van der Waals surface area (Å²) < 4.78 is 27.9. The first-order chi connectivity index (χ1) is 10.3. The van der Waals surface area contributed by atoms with Crippen LogP contribution in [0.4, 0.5) is 8.78 Å². The van der Waals surface area contributed by atoms with Crippen LogP contribution in [0.1, 0.15) is 26.3 Å². The first-order valence-electron chi connectivity index (χ1n) is 7.23. The summed E-state index contributed by atoms with van der Waals surface area (Å²) in [5.74, 6) is -1.26. The second-order valence-electron chi connectivity index (χ2n) is 5.98. The predicted octanol–water partition coefficient (Wildman–Crippen LogP) is 2.95. The molecule has 0 spiro atoms. The molecule has 0 unspecified atom stereocenters. The van der Waals surface area contributed by atoms with Crippen molar-refractivity contribution in [3.63, 3.8) is 0 Å². The molecule has 0 aliphatic rings. The van der Waals surface area contributed by atoms with Crippen LogP contribution in [0.25, 0.3) is 11.3 Å². The molecule has 0 fully saturated rings. The first-order valence-corrected chi connectivity index (χ1v) is 7.23. The first kappa shape index (κ1) is 16.6. The van der Waals surface area contributed by atoms with Gasteiger partial charge in [0.1, 0.15) is 11.6 Å². The molecule has 0 aliphatic heterocycles. The molecule has 22 heavy (non-hydrogen) atoms. The van der Waals surface area contributed by atoms with Crippen LogP contribution in [-0.2, 0) is 6.54 Å². The third-order valence-electron chi connectivity index (χ3n) is 3.38. The Hall–Kier alpha value is -1.79. The number of rotatable bonds is 6. The van der Waals surface area contributed by atoms with Gasteiger partial charge in [-0.05, 0) is 32.5 Å². The molecule has 6 heteroatoms. The number of aromatic amines is 1. The third kappa shape index (κ3) is 3.90. The summed E-state index contributed by atoms with van der Waals surface area (Å²) in [4.78, 5) is 1.99. The van der Waals surface area contributed by atoms with Gasteiger partial charge in [-0.3, -0.25) is 10.00 Å². The maximum absolute atomic E-state index is 13.9. The van der Waals surface area contributed by atoms with E-state index in [0.717, 1.165) is 0 Å². The molecule has 1 heterocycles. The largest absolute Gasteiger partial charge is 0.389 e.